The Morgan fingerprint density at radius 2 is 1.86 bits per heavy atom. The van der Waals surface area contributed by atoms with E-state index < -0.39 is 0 Å². The number of amides is 1. The molecule has 4 rings (SSSR count). The number of methoxy groups -OCH3 is 2. The van der Waals surface area contributed by atoms with Gasteiger partial charge in [0.1, 0.15) is 5.75 Å². The molecule has 1 aliphatic heterocycles. The number of aryl methyl sites for hydroxylation is 1. The van der Waals surface area contributed by atoms with Crippen LogP contribution in [0.15, 0.2) is 29.2 Å². The lowest BCUT2D eigenvalue weighted by Crippen LogP contribution is -2.43. The van der Waals surface area contributed by atoms with Gasteiger partial charge < -0.3 is 29.6 Å². The minimum absolute atomic E-state index is 0.0102. The Bertz CT molecular complexity index is 1330. The zero-order valence-corrected chi connectivity index (χ0v) is 21.7. The topological polar surface area (TPSA) is 111 Å². The summed E-state index contributed by atoms with van der Waals surface area (Å²) in [5.74, 6) is 1.01. The third-order valence-electron chi connectivity index (χ3n) is 6.67. The van der Waals surface area contributed by atoms with E-state index in [0.717, 1.165) is 31.5 Å². The molecule has 0 bridgehead atoms. The standard InChI is InChI=1S/C26H34N6O4/c1-15(2)21-22-19(32(4)25(34)23(21)36-6)14-27-26(30-22)29-18-8-7-16(13-20(18)35-5)24(33)28-17-9-11-31(3)12-10-17/h7-8,13-15,17H,9-12H2,1-6H3,(H,28,33)(H,27,29,30). The molecule has 0 spiro atoms. The van der Waals surface area contributed by atoms with Gasteiger partial charge in [0.2, 0.25) is 5.95 Å². The van der Waals surface area contributed by atoms with Crippen molar-refractivity contribution in [1.29, 1.82) is 0 Å². The first kappa shape index (κ1) is 25.4. The van der Waals surface area contributed by atoms with E-state index in [4.69, 9.17) is 14.5 Å². The van der Waals surface area contributed by atoms with Gasteiger partial charge in [0.05, 0.1) is 37.1 Å². The Morgan fingerprint density at radius 1 is 1.14 bits per heavy atom. The van der Waals surface area contributed by atoms with E-state index in [2.05, 4.69) is 27.6 Å². The first-order chi connectivity index (χ1) is 17.2. The average molecular weight is 495 g/mol. The van der Waals surface area contributed by atoms with Crippen LogP contribution in [-0.2, 0) is 7.05 Å². The van der Waals surface area contributed by atoms with Crippen molar-refractivity contribution in [2.24, 2.45) is 7.05 Å². The molecule has 3 heterocycles. The summed E-state index contributed by atoms with van der Waals surface area (Å²) in [5, 5.41) is 6.32. The van der Waals surface area contributed by atoms with E-state index >= 15 is 0 Å². The van der Waals surface area contributed by atoms with Gasteiger partial charge in [-0.1, -0.05) is 13.8 Å². The number of ether oxygens (including phenoxy) is 2. The fraction of sp³-hybridized carbons (Fsp3) is 0.462. The van der Waals surface area contributed by atoms with Gasteiger partial charge in [0, 0.05) is 24.2 Å². The number of nitrogens with zero attached hydrogens (tertiary/aromatic N) is 4. The van der Waals surface area contributed by atoms with Crippen molar-refractivity contribution < 1.29 is 14.3 Å². The maximum absolute atomic E-state index is 12.8. The molecule has 2 aromatic heterocycles. The van der Waals surface area contributed by atoms with Crippen molar-refractivity contribution in [3.8, 4) is 11.5 Å². The number of nitrogens with one attached hydrogen (secondary N) is 2. The molecule has 0 radical (unpaired) electrons. The van der Waals surface area contributed by atoms with Crippen LogP contribution >= 0.6 is 0 Å². The Labute approximate surface area is 210 Å². The molecule has 10 nitrogen and oxygen atoms in total. The molecule has 0 unspecified atom stereocenters. The lowest BCUT2D eigenvalue weighted by atomic mass is 10.0. The fourth-order valence-corrected chi connectivity index (χ4v) is 4.57. The monoisotopic (exact) mass is 494 g/mol. The zero-order valence-electron chi connectivity index (χ0n) is 21.7. The van der Waals surface area contributed by atoms with Gasteiger partial charge in [-0.2, -0.15) is 0 Å². The molecular formula is C26H34N6O4. The molecule has 3 aromatic rings. The van der Waals surface area contributed by atoms with Crippen molar-refractivity contribution >= 4 is 28.6 Å². The molecule has 192 valence electrons. The van der Waals surface area contributed by atoms with E-state index in [9.17, 15) is 9.59 Å². The van der Waals surface area contributed by atoms with Crippen LogP contribution in [0.1, 0.15) is 48.5 Å². The number of hydrogen-bond donors (Lipinski definition) is 2. The van der Waals surface area contributed by atoms with Gasteiger partial charge in [-0.15, -0.1) is 0 Å². The van der Waals surface area contributed by atoms with E-state index in [0.29, 0.717) is 34.0 Å². The van der Waals surface area contributed by atoms with Crippen LogP contribution in [0.3, 0.4) is 0 Å². The molecule has 10 heteroatoms. The van der Waals surface area contributed by atoms with Crippen molar-refractivity contribution in [1.82, 2.24) is 24.8 Å². The second-order valence-electron chi connectivity index (χ2n) is 9.48. The molecule has 1 fully saturated rings. The van der Waals surface area contributed by atoms with Crippen molar-refractivity contribution in [3.63, 3.8) is 0 Å². The van der Waals surface area contributed by atoms with E-state index in [1.54, 1.807) is 38.6 Å². The van der Waals surface area contributed by atoms with Crippen molar-refractivity contribution in [2.75, 3.05) is 39.7 Å². The number of hydrogen-bond acceptors (Lipinski definition) is 8. The first-order valence-corrected chi connectivity index (χ1v) is 12.1. The highest BCUT2D eigenvalue weighted by Gasteiger charge is 2.22. The van der Waals surface area contributed by atoms with Gasteiger partial charge in [-0.25, -0.2) is 9.97 Å². The van der Waals surface area contributed by atoms with Crippen LogP contribution < -0.4 is 25.7 Å². The second-order valence-corrected chi connectivity index (χ2v) is 9.48. The zero-order chi connectivity index (χ0) is 26.0. The first-order valence-electron chi connectivity index (χ1n) is 12.1. The lowest BCUT2D eigenvalue weighted by molar-refractivity contribution is 0.0916. The summed E-state index contributed by atoms with van der Waals surface area (Å²) >= 11 is 0. The summed E-state index contributed by atoms with van der Waals surface area (Å²) in [6.07, 6.45) is 3.49. The molecule has 1 saturated heterocycles. The number of carbonyl (C=O) groups excluding carboxylic acids is 1. The number of piperidine rings is 1. The van der Waals surface area contributed by atoms with Gasteiger partial charge in [-0.3, -0.25) is 9.59 Å². The summed E-state index contributed by atoms with van der Waals surface area (Å²) < 4.78 is 12.5. The summed E-state index contributed by atoms with van der Waals surface area (Å²) in [6, 6.07) is 5.41. The number of aromatic nitrogens is 3. The number of likely N-dealkylation sites (tertiary alicyclic amines) is 1. The number of fused-ring (bicyclic) bond motifs is 1. The van der Waals surface area contributed by atoms with Crippen LogP contribution in [0, 0.1) is 0 Å². The predicted molar refractivity (Wildman–Crippen MR) is 140 cm³/mol. The number of pyridine rings is 1. The average Bonchev–Trinajstić information content (AvgIpc) is 2.87. The lowest BCUT2D eigenvalue weighted by Gasteiger charge is -2.29. The van der Waals surface area contributed by atoms with E-state index in [-0.39, 0.29) is 29.2 Å². The van der Waals surface area contributed by atoms with Crippen molar-refractivity contribution in [3.05, 3.63) is 45.9 Å². The minimum atomic E-state index is -0.228. The largest absolute Gasteiger partial charge is 0.495 e. The van der Waals surface area contributed by atoms with Gasteiger partial charge in [0.15, 0.2) is 5.75 Å². The highest BCUT2D eigenvalue weighted by atomic mass is 16.5. The van der Waals surface area contributed by atoms with Gasteiger partial charge in [0.25, 0.3) is 11.5 Å². The Balaban J connectivity index is 1.62. The second kappa shape index (κ2) is 10.5. The molecule has 0 aliphatic carbocycles. The van der Waals surface area contributed by atoms with Crippen LogP contribution in [0.5, 0.6) is 11.5 Å². The Kier molecular flexibility index (Phi) is 7.44. The third-order valence-corrected chi connectivity index (χ3v) is 6.67. The Morgan fingerprint density at radius 3 is 2.50 bits per heavy atom. The molecule has 1 aromatic carbocycles. The number of carbonyl (C=O) groups is 1. The van der Waals surface area contributed by atoms with E-state index in [1.807, 2.05) is 13.8 Å². The number of rotatable bonds is 7. The SMILES string of the molecule is COc1cc(C(=O)NC2CCN(C)CC2)ccc1Nc1ncc2c(n1)c(C(C)C)c(OC)c(=O)n2C. The summed E-state index contributed by atoms with van der Waals surface area (Å²) in [7, 11) is 6.81. The summed E-state index contributed by atoms with van der Waals surface area (Å²) in [5.41, 5.74) is 2.90. The van der Waals surface area contributed by atoms with Crippen LogP contribution in [-0.4, -0.2) is 65.7 Å². The third kappa shape index (κ3) is 4.99. The van der Waals surface area contributed by atoms with Gasteiger partial charge >= 0.3 is 0 Å². The normalized spacial score (nSPS) is 14.8. The molecule has 1 amide bonds. The number of anilines is 2. The molecule has 36 heavy (non-hydrogen) atoms. The molecule has 2 N–H and O–H groups in total. The summed E-state index contributed by atoms with van der Waals surface area (Å²) in [4.78, 5) is 37.0. The molecular weight excluding hydrogens is 460 g/mol. The molecule has 1 aliphatic rings. The maximum Gasteiger partial charge on any atom is 0.293 e. The predicted octanol–water partition coefficient (Wildman–Crippen LogP) is 3.04. The molecule has 0 atom stereocenters. The summed E-state index contributed by atoms with van der Waals surface area (Å²) in [6.45, 7) is 5.93. The smallest absolute Gasteiger partial charge is 0.293 e. The highest BCUT2D eigenvalue weighted by Crippen LogP contribution is 2.32. The van der Waals surface area contributed by atoms with Crippen LogP contribution in [0.2, 0.25) is 0 Å². The Hall–Kier alpha value is -3.66. The van der Waals surface area contributed by atoms with E-state index in [1.165, 1.54) is 11.7 Å². The maximum atomic E-state index is 12.8. The quantitative estimate of drug-likeness (QED) is 0.516. The minimum Gasteiger partial charge on any atom is -0.495 e. The highest BCUT2D eigenvalue weighted by molar-refractivity contribution is 5.95. The molecule has 0 saturated carbocycles. The number of benzene rings is 1. The van der Waals surface area contributed by atoms with Gasteiger partial charge in [-0.05, 0) is 57.1 Å². The fourth-order valence-electron chi connectivity index (χ4n) is 4.57. The van der Waals surface area contributed by atoms with Crippen LogP contribution in [0.4, 0.5) is 11.6 Å². The van der Waals surface area contributed by atoms with Crippen LogP contribution in [0.25, 0.3) is 11.0 Å². The van der Waals surface area contributed by atoms with Crippen molar-refractivity contribution in [2.45, 2.75) is 38.6 Å².